The minimum Gasteiger partial charge on any atom is -0.505 e. The van der Waals surface area contributed by atoms with Gasteiger partial charge >= 0.3 is 0 Å². The second-order valence-corrected chi connectivity index (χ2v) is 9.54. The zero-order valence-corrected chi connectivity index (χ0v) is 24.8. The number of carbonyl (C=O) groups excluding carboxylic acids is 1. The predicted molar refractivity (Wildman–Crippen MR) is 161 cm³/mol. The van der Waals surface area contributed by atoms with Gasteiger partial charge in [-0.2, -0.15) is 0 Å². The van der Waals surface area contributed by atoms with E-state index in [9.17, 15) is 14.1 Å². The van der Waals surface area contributed by atoms with E-state index in [0.717, 1.165) is 11.5 Å². The number of nitrogens with zero attached hydrogens (tertiary/aromatic N) is 3. The van der Waals surface area contributed by atoms with Gasteiger partial charge in [-0.05, 0) is 56.9 Å². The number of hydrogen-bond donors (Lipinski definition) is 3. The molecule has 1 atom stereocenters. The Hall–Kier alpha value is -3.88. The van der Waals surface area contributed by atoms with Gasteiger partial charge in [-0.1, -0.05) is 46.8 Å². The predicted octanol–water partition coefficient (Wildman–Crippen LogP) is 4.64. The second-order valence-electron chi connectivity index (χ2n) is 8.71. The van der Waals surface area contributed by atoms with Crippen molar-refractivity contribution in [2.75, 3.05) is 33.3 Å². The average Bonchev–Trinajstić information content (AvgIpc) is 3.51. The van der Waals surface area contributed by atoms with Gasteiger partial charge in [0.25, 0.3) is 11.2 Å². The Morgan fingerprint density at radius 1 is 1.05 bits per heavy atom. The summed E-state index contributed by atoms with van der Waals surface area (Å²) < 4.78 is 30.2. The summed E-state index contributed by atoms with van der Waals surface area (Å²) in [5, 5.41) is 16.0. The topological polar surface area (TPSA) is 125 Å². The lowest BCUT2D eigenvalue weighted by molar-refractivity contribution is 0.112. The Balaban J connectivity index is 0.00000104. The Morgan fingerprint density at radius 2 is 1.62 bits per heavy atom. The van der Waals surface area contributed by atoms with E-state index in [4.69, 9.17) is 9.47 Å². The number of aromatic hydroxyl groups is 1. The van der Waals surface area contributed by atoms with Crippen molar-refractivity contribution in [2.24, 2.45) is 14.7 Å². The monoisotopic (exact) mass is 559 g/mol. The van der Waals surface area contributed by atoms with Crippen LogP contribution in [0.25, 0.3) is 0 Å². The molecule has 4 rings (SSSR count). The van der Waals surface area contributed by atoms with Crippen LogP contribution in [-0.4, -0.2) is 60.1 Å². The van der Waals surface area contributed by atoms with Crippen LogP contribution in [0.1, 0.15) is 50.5 Å². The van der Waals surface area contributed by atoms with Gasteiger partial charge in [0.2, 0.25) is 6.79 Å². The Kier molecular flexibility index (Phi) is 17.3. The van der Waals surface area contributed by atoms with E-state index in [-0.39, 0.29) is 35.5 Å². The number of hydrogen-bond acceptors (Lipinski definition) is 8. The molecule has 1 unspecified atom stereocenters. The Morgan fingerprint density at radius 3 is 2.21 bits per heavy atom. The lowest BCUT2D eigenvalue weighted by Gasteiger charge is -2.12. The van der Waals surface area contributed by atoms with Gasteiger partial charge in [-0.15, -0.1) is 21.6 Å². The fourth-order valence-electron chi connectivity index (χ4n) is 2.58. The van der Waals surface area contributed by atoms with Gasteiger partial charge in [-0.25, -0.2) is 4.21 Å². The summed E-state index contributed by atoms with van der Waals surface area (Å²) >= 11 is -1.77. The van der Waals surface area contributed by atoms with Crippen molar-refractivity contribution in [3.8, 4) is 30.1 Å². The first kappa shape index (κ1) is 35.1. The maximum atomic E-state index is 11.7. The lowest BCUT2D eigenvalue weighted by Crippen LogP contribution is -2.33. The van der Waals surface area contributed by atoms with E-state index in [2.05, 4.69) is 53.0 Å². The van der Waals surface area contributed by atoms with Gasteiger partial charge in [0.15, 0.2) is 29.5 Å². The summed E-state index contributed by atoms with van der Waals surface area (Å²) in [6.45, 7) is 11.1. The zero-order chi connectivity index (χ0) is 30.0. The molecule has 0 saturated carbocycles. The number of phenols is 1. The molecule has 0 aromatic heterocycles. The first-order valence-corrected chi connectivity index (χ1v) is 13.4. The molecule has 0 fully saturated rings. The summed E-state index contributed by atoms with van der Waals surface area (Å²) in [5.41, 5.74) is 1.30. The molecule has 0 amide bonds. The van der Waals surface area contributed by atoms with Crippen molar-refractivity contribution in [2.45, 2.75) is 41.2 Å². The summed E-state index contributed by atoms with van der Waals surface area (Å²) in [6, 6.07) is 10.2. The number of aldehydes is 1. The van der Waals surface area contributed by atoms with Crippen LogP contribution >= 0.6 is 0 Å². The number of ether oxygens (including phenoxy) is 2. The molecule has 2 aromatic carbocycles. The van der Waals surface area contributed by atoms with Gasteiger partial charge in [0.1, 0.15) is 5.75 Å². The number of para-hydroxylation sites is 1. The number of fused-ring (bicyclic) bond motifs is 1. The largest absolute Gasteiger partial charge is 0.505 e. The zero-order valence-electron chi connectivity index (χ0n) is 24.0. The molecule has 0 saturated heterocycles. The first-order valence-electron chi connectivity index (χ1n) is 12.3. The number of phenolic OH excluding ortho intramolecular Hbond substituents is 1. The summed E-state index contributed by atoms with van der Waals surface area (Å²) in [7, 11) is 6.00. The number of nitrogens with one attached hydrogen (secondary N) is 2. The van der Waals surface area contributed by atoms with Crippen molar-refractivity contribution in [1.29, 1.82) is 0 Å². The van der Waals surface area contributed by atoms with Gasteiger partial charge in [-0.3, -0.25) is 4.79 Å². The molecule has 2 aliphatic rings. The third-order valence-corrected chi connectivity index (χ3v) is 4.58. The normalized spacial score (nSPS) is 14.0. The van der Waals surface area contributed by atoms with Crippen molar-refractivity contribution in [3.05, 3.63) is 47.5 Å². The van der Waals surface area contributed by atoms with Crippen molar-refractivity contribution < 1.29 is 23.6 Å². The van der Waals surface area contributed by atoms with Crippen LogP contribution in [-0.2, 0) is 17.7 Å². The molecule has 0 aliphatic carbocycles. The molecule has 39 heavy (non-hydrogen) atoms. The van der Waals surface area contributed by atoms with Gasteiger partial charge in [0.05, 0.1) is 11.3 Å². The van der Waals surface area contributed by atoms with E-state index in [0.29, 0.717) is 24.3 Å². The molecule has 0 radical (unpaired) electrons. The van der Waals surface area contributed by atoms with Crippen LogP contribution in [0.15, 0.2) is 45.2 Å². The number of terminal acetylenes is 1. The highest BCUT2D eigenvalue weighted by Gasteiger charge is 2.21. The summed E-state index contributed by atoms with van der Waals surface area (Å²) in [5.74, 6) is 2.44. The van der Waals surface area contributed by atoms with Crippen molar-refractivity contribution in [1.82, 2.24) is 10.2 Å². The number of amidine groups is 2. The highest BCUT2D eigenvalue weighted by Crippen LogP contribution is 2.32. The highest BCUT2D eigenvalue weighted by atomic mass is 32.2. The van der Waals surface area contributed by atoms with Crippen molar-refractivity contribution >= 4 is 34.8 Å². The average molecular weight is 560 g/mol. The lowest BCUT2D eigenvalue weighted by atomic mass is 10.2. The van der Waals surface area contributed by atoms with Crippen LogP contribution in [0.5, 0.6) is 17.2 Å². The molecular formula is C28H41N5O5S. The Bertz CT molecular complexity index is 1130. The highest BCUT2D eigenvalue weighted by molar-refractivity contribution is 7.83. The van der Waals surface area contributed by atoms with E-state index in [1.807, 2.05) is 58.1 Å². The van der Waals surface area contributed by atoms with Crippen molar-refractivity contribution in [3.63, 3.8) is 0 Å². The number of benzene rings is 2. The fraction of sp³-hybridized carbons (Fsp3) is 0.393. The molecule has 2 heterocycles. The summed E-state index contributed by atoms with van der Waals surface area (Å²) in [4.78, 5) is 13.0. The molecule has 0 spiro atoms. The standard InChI is InChI=1S/C17H14N4O5S.C4H10.C3H9N.C2H6.C2H2/c22-8-11-2-1-3-12(15(11)23)19-17-16(20-27(24)21-17)18-7-10-4-5-13-14(6-10)26-9-25-13;2*1-4(2)3;2*1-2/h1-6,8,23H,7,9H2,(H,18,20)(H,19,21);4H,1-3H3;1-3H3;1-2H3;1-2H. The fourth-order valence-corrected chi connectivity index (χ4v) is 3.22. The van der Waals surface area contributed by atoms with E-state index >= 15 is 0 Å². The van der Waals surface area contributed by atoms with Crippen LogP contribution in [0.2, 0.25) is 0 Å². The number of anilines is 1. The molecule has 2 aromatic rings. The maximum absolute atomic E-state index is 11.7. The van der Waals surface area contributed by atoms with Crippen LogP contribution in [0.4, 0.5) is 5.69 Å². The molecule has 3 N–H and O–H groups in total. The minimum absolute atomic E-state index is 0.131. The molecule has 11 heteroatoms. The van der Waals surface area contributed by atoms with E-state index in [1.165, 1.54) is 6.07 Å². The molecule has 214 valence electrons. The third-order valence-electron chi connectivity index (χ3n) is 3.91. The number of carbonyl (C=O) groups is 1. The SMILES string of the molecule is C#C.CC.CC(C)C.CN(C)C.O=Cc1cccc(NC2=NS(=O)N=C2NCc2ccc3c(c2)OCO3)c1O. The second kappa shape index (κ2) is 19.2. The van der Waals surface area contributed by atoms with Crippen LogP contribution in [0, 0.1) is 18.8 Å². The summed E-state index contributed by atoms with van der Waals surface area (Å²) in [6.07, 6.45) is 8.54. The maximum Gasteiger partial charge on any atom is 0.269 e. The van der Waals surface area contributed by atoms with Crippen LogP contribution < -0.4 is 20.1 Å². The Labute approximate surface area is 235 Å². The van der Waals surface area contributed by atoms with Crippen LogP contribution in [0.3, 0.4) is 0 Å². The third kappa shape index (κ3) is 13.0. The first-order chi connectivity index (χ1) is 18.6. The molecule has 10 nitrogen and oxygen atoms in total. The molecule has 0 bridgehead atoms. The van der Waals surface area contributed by atoms with E-state index in [1.54, 1.807) is 12.1 Å². The van der Waals surface area contributed by atoms with Gasteiger partial charge in [0, 0.05) is 6.54 Å². The smallest absolute Gasteiger partial charge is 0.269 e. The minimum atomic E-state index is -1.77. The quantitative estimate of drug-likeness (QED) is 0.281. The molecule has 2 aliphatic heterocycles. The van der Waals surface area contributed by atoms with Gasteiger partial charge < -0.3 is 30.1 Å². The number of rotatable bonds is 4. The van der Waals surface area contributed by atoms with E-state index < -0.39 is 11.2 Å². The molecular weight excluding hydrogens is 518 g/mol.